The minimum absolute atomic E-state index is 0.0138. The average Bonchev–Trinajstić information content (AvgIpc) is 2.81. The maximum Gasteiger partial charge on any atom is 0.264 e. The first-order valence-corrected chi connectivity index (χ1v) is 11.8. The lowest BCUT2D eigenvalue weighted by Crippen LogP contribution is -2.40. The fourth-order valence-electron chi connectivity index (χ4n) is 3.14. The number of methoxy groups -OCH3 is 1. The number of halogens is 1. The van der Waals surface area contributed by atoms with Gasteiger partial charge < -0.3 is 10.1 Å². The van der Waals surface area contributed by atoms with E-state index in [2.05, 4.69) is 5.32 Å². The van der Waals surface area contributed by atoms with Crippen LogP contribution in [0, 0.1) is 0 Å². The Labute approximate surface area is 198 Å². The van der Waals surface area contributed by atoms with E-state index >= 15 is 0 Å². The van der Waals surface area contributed by atoms with Crippen LogP contribution in [0.2, 0.25) is 5.02 Å². The lowest BCUT2D eigenvalue weighted by molar-refractivity contribution is -0.119. The number of Topliss-reactive ketones (excluding diaryl/α,β-unsaturated/α-hetero) is 1. The Hall–Kier alpha value is -3.36. The molecule has 0 aromatic heterocycles. The van der Waals surface area contributed by atoms with Crippen molar-refractivity contribution < 1.29 is 22.7 Å². The van der Waals surface area contributed by atoms with Crippen molar-refractivity contribution in [3.05, 3.63) is 88.9 Å². The maximum atomic E-state index is 13.4. The number of anilines is 1. The maximum absolute atomic E-state index is 13.4. The quantitative estimate of drug-likeness (QED) is 0.460. The fourth-order valence-corrected chi connectivity index (χ4v) is 4.69. The van der Waals surface area contributed by atoms with Gasteiger partial charge in [-0.2, -0.15) is 0 Å². The largest absolute Gasteiger partial charge is 0.496 e. The number of hydrogen-bond acceptors (Lipinski definition) is 5. The van der Waals surface area contributed by atoms with Crippen molar-refractivity contribution in [2.75, 3.05) is 18.0 Å². The minimum Gasteiger partial charge on any atom is -0.496 e. The van der Waals surface area contributed by atoms with E-state index in [0.717, 1.165) is 9.87 Å². The van der Waals surface area contributed by atoms with Gasteiger partial charge in [-0.15, -0.1) is 0 Å². The van der Waals surface area contributed by atoms with Crippen molar-refractivity contribution in [3.63, 3.8) is 0 Å². The highest BCUT2D eigenvalue weighted by atomic mass is 35.5. The van der Waals surface area contributed by atoms with Crippen molar-refractivity contribution in [1.82, 2.24) is 5.32 Å². The Morgan fingerprint density at radius 1 is 0.970 bits per heavy atom. The van der Waals surface area contributed by atoms with Gasteiger partial charge in [0.1, 0.15) is 12.3 Å². The van der Waals surface area contributed by atoms with Crippen LogP contribution in [0.4, 0.5) is 5.69 Å². The summed E-state index contributed by atoms with van der Waals surface area (Å²) < 4.78 is 33.1. The first kappa shape index (κ1) is 24.3. The molecule has 0 heterocycles. The third-order valence-electron chi connectivity index (χ3n) is 4.92. The Bertz CT molecular complexity index is 1240. The number of carbonyl (C=O) groups excluding carboxylic acids is 2. The Balaban J connectivity index is 1.88. The molecule has 1 N–H and O–H groups in total. The molecule has 33 heavy (non-hydrogen) atoms. The molecule has 0 aliphatic rings. The smallest absolute Gasteiger partial charge is 0.264 e. The van der Waals surface area contributed by atoms with Crippen molar-refractivity contribution in [2.45, 2.75) is 18.4 Å². The van der Waals surface area contributed by atoms with E-state index in [1.165, 1.54) is 62.6 Å². The van der Waals surface area contributed by atoms with Crippen LogP contribution < -0.4 is 14.4 Å². The summed E-state index contributed by atoms with van der Waals surface area (Å²) >= 11 is 5.90. The number of hydrogen-bond donors (Lipinski definition) is 1. The first-order chi connectivity index (χ1) is 15.7. The number of benzene rings is 3. The molecule has 0 aliphatic heterocycles. The van der Waals surface area contributed by atoms with E-state index < -0.39 is 22.5 Å². The van der Waals surface area contributed by atoms with Crippen LogP contribution in [-0.2, 0) is 21.4 Å². The van der Waals surface area contributed by atoms with Crippen LogP contribution in [0.3, 0.4) is 0 Å². The molecule has 0 bridgehead atoms. The fraction of sp³-hybridized carbons (Fsp3) is 0.167. The minimum atomic E-state index is -4.09. The number of para-hydroxylation sites is 1. The summed E-state index contributed by atoms with van der Waals surface area (Å²) in [5.41, 5.74) is 1.44. The number of nitrogens with one attached hydrogen (secondary N) is 1. The molecule has 0 saturated carbocycles. The van der Waals surface area contributed by atoms with Gasteiger partial charge in [-0.1, -0.05) is 29.8 Å². The van der Waals surface area contributed by atoms with Crippen LogP contribution >= 0.6 is 11.6 Å². The lowest BCUT2D eigenvalue weighted by atomic mass is 10.1. The van der Waals surface area contributed by atoms with Gasteiger partial charge in [-0.3, -0.25) is 13.9 Å². The summed E-state index contributed by atoms with van der Waals surface area (Å²) in [5.74, 6) is -0.0411. The zero-order valence-corrected chi connectivity index (χ0v) is 19.7. The molecule has 3 aromatic rings. The van der Waals surface area contributed by atoms with Crippen LogP contribution in [0.5, 0.6) is 5.75 Å². The number of ether oxygens (including phenoxy) is 1. The summed E-state index contributed by atoms with van der Waals surface area (Å²) in [6.07, 6.45) is 0. The number of amides is 1. The van der Waals surface area contributed by atoms with E-state index in [9.17, 15) is 18.0 Å². The highest BCUT2D eigenvalue weighted by molar-refractivity contribution is 7.92. The Morgan fingerprint density at radius 3 is 2.21 bits per heavy atom. The molecule has 3 aromatic carbocycles. The molecular weight excluding hydrogens is 464 g/mol. The molecule has 0 spiro atoms. The average molecular weight is 487 g/mol. The number of sulfonamides is 1. The molecule has 0 saturated heterocycles. The zero-order chi connectivity index (χ0) is 24.0. The highest BCUT2D eigenvalue weighted by Crippen LogP contribution is 2.25. The molecule has 3 rings (SSSR count). The monoisotopic (exact) mass is 486 g/mol. The normalized spacial score (nSPS) is 11.0. The van der Waals surface area contributed by atoms with Gasteiger partial charge in [0.25, 0.3) is 10.0 Å². The van der Waals surface area contributed by atoms with E-state index in [1.54, 1.807) is 6.07 Å². The SMILES string of the molecule is COc1ccccc1CNC(=O)CN(c1ccc(C(C)=O)cc1)S(=O)(=O)c1ccc(Cl)cc1. The van der Waals surface area contributed by atoms with E-state index in [0.29, 0.717) is 16.3 Å². The number of rotatable bonds is 9. The number of carbonyl (C=O) groups is 2. The van der Waals surface area contributed by atoms with Gasteiger partial charge in [-0.05, 0) is 61.5 Å². The van der Waals surface area contributed by atoms with Crippen LogP contribution in [-0.4, -0.2) is 33.8 Å². The van der Waals surface area contributed by atoms with E-state index in [1.807, 2.05) is 18.2 Å². The molecule has 0 fully saturated rings. The van der Waals surface area contributed by atoms with Crippen molar-refractivity contribution in [2.24, 2.45) is 0 Å². The van der Waals surface area contributed by atoms with Gasteiger partial charge in [0, 0.05) is 22.7 Å². The first-order valence-electron chi connectivity index (χ1n) is 10.0. The van der Waals surface area contributed by atoms with Crippen molar-refractivity contribution in [1.29, 1.82) is 0 Å². The van der Waals surface area contributed by atoms with Gasteiger partial charge in [0.2, 0.25) is 5.91 Å². The van der Waals surface area contributed by atoms with Crippen LogP contribution in [0.1, 0.15) is 22.8 Å². The summed E-state index contributed by atoms with van der Waals surface area (Å²) in [5, 5.41) is 3.13. The Kier molecular flexibility index (Phi) is 7.73. The number of nitrogens with zero attached hydrogens (tertiary/aromatic N) is 1. The summed E-state index contributed by atoms with van der Waals surface area (Å²) in [7, 11) is -2.56. The third-order valence-corrected chi connectivity index (χ3v) is 6.96. The molecule has 0 radical (unpaired) electrons. The van der Waals surface area contributed by atoms with Crippen LogP contribution in [0.25, 0.3) is 0 Å². The van der Waals surface area contributed by atoms with E-state index in [-0.39, 0.29) is 22.9 Å². The Morgan fingerprint density at radius 2 is 1.61 bits per heavy atom. The van der Waals surface area contributed by atoms with Gasteiger partial charge in [0.15, 0.2) is 5.78 Å². The standard InChI is InChI=1S/C24H23ClN2O5S/c1-17(28)18-7-11-21(12-8-18)27(33(30,31)22-13-9-20(25)10-14-22)16-24(29)26-15-19-5-3-4-6-23(19)32-2/h3-14H,15-16H2,1-2H3,(H,26,29). The number of ketones is 1. The predicted molar refractivity (Wildman–Crippen MR) is 127 cm³/mol. The van der Waals surface area contributed by atoms with Crippen molar-refractivity contribution in [3.8, 4) is 5.75 Å². The molecule has 172 valence electrons. The molecular formula is C24H23ClN2O5S. The topological polar surface area (TPSA) is 92.8 Å². The van der Waals surface area contributed by atoms with Crippen LogP contribution in [0.15, 0.2) is 77.7 Å². The molecule has 0 atom stereocenters. The van der Waals surface area contributed by atoms with Gasteiger partial charge >= 0.3 is 0 Å². The van der Waals surface area contributed by atoms with Gasteiger partial charge in [-0.25, -0.2) is 8.42 Å². The summed E-state index contributed by atoms with van der Waals surface area (Å²) in [4.78, 5) is 24.4. The predicted octanol–water partition coefficient (Wildman–Crippen LogP) is 4.06. The molecule has 7 nitrogen and oxygen atoms in total. The van der Waals surface area contributed by atoms with Crippen molar-refractivity contribution >= 4 is 39.0 Å². The lowest BCUT2D eigenvalue weighted by Gasteiger charge is -2.24. The zero-order valence-electron chi connectivity index (χ0n) is 18.1. The third kappa shape index (κ3) is 5.91. The second-order valence-electron chi connectivity index (χ2n) is 7.16. The van der Waals surface area contributed by atoms with Gasteiger partial charge in [0.05, 0.1) is 17.7 Å². The summed E-state index contributed by atoms with van der Waals surface area (Å²) in [6.45, 7) is 1.13. The summed E-state index contributed by atoms with van der Waals surface area (Å²) in [6, 6.07) is 18.9. The van der Waals surface area contributed by atoms with E-state index in [4.69, 9.17) is 16.3 Å². The molecule has 0 aliphatic carbocycles. The molecule has 0 unspecified atom stereocenters. The second kappa shape index (κ2) is 10.5. The second-order valence-corrected chi connectivity index (χ2v) is 9.46. The molecule has 9 heteroatoms. The molecule has 1 amide bonds. The highest BCUT2D eigenvalue weighted by Gasteiger charge is 2.27.